The zero-order valence-electron chi connectivity index (χ0n) is 10.8. The molecule has 1 aliphatic heterocycles. The molecule has 0 spiro atoms. The Kier molecular flexibility index (Phi) is 3.71. The van der Waals surface area contributed by atoms with Gasteiger partial charge < -0.3 is 20.5 Å². The van der Waals surface area contributed by atoms with Crippen LogP contribution in [0.25, 0.3) is 0 Å². The third-order valence-corrected chi connectivity index (χ3v) is 3.03. The van der Waals surface area contributed by atoms with E-state index in [1.807, 2.05) is 0 Å². The van der Waals surface area contributed by atoms with E-state index in [0.717, 1.165) is 5.56 Å². The molecule has 6 heteroatoms. The Balaban J connectivity index is 2.32. The highest BCUT2D eigenvalue weighted by molar-refractivity contribution is 5.92. The van der Waals surface area contributed by atoms with E-state index in [-0.39, 0.29) is 5.97 Å². The quantitative estimate of drug-likeness (QED) is 0.786. The molecule has 1 aliphatic rings. The number of esters is 2. The van der Waals surface area contributed by atoms with E-state index in [2.05, 4.69) is 10.1 Å². The van der Waals surface area contributed by atoms with Crippen molar-refractivity contribution in [2.24, 2.45) is 5.73 Å². The first-order chi connectivity index (χ1) is 9.08. The first-order valence-corrected chi connectivity index (χ1v) is 5.99. The Hall–Kier alpha value is -2.08. The zero-order valence-corrected chi connectivity index (χ0v) is 10.8. The number of ether oxygens (including phenoxy) is 2. The lowest BCUT2D eigenvalue weighted by Gasteiger charge is -2.14. The van der Waals surface area contributed by atoms with Crippen LogP contribution in [0.2, 0.25) is 0 Å². The topological polar surface area (TPSA) is 90.7 Å². The van der Waals surface area contributed by atoms with Gasteiger partial charge in [-0.3, -0.25) is 4.79 Å². The van der Waals surface area contributed by atoms with Gasteiger partial charge in [-0.2, -0.15) is 0 Å². The molecule has 19 heavy (non-hydrogen) atoms. The van der Waals surface area contributed by atoms with Crippen molar-refractivity contribution >= 4 is 17.6 Å². The SMILES string of the molecule is CCOC(=O)C1c2ccc(C(=O)OC)cc2NC1N. The molecule has 0 bridgehead atoms. The monoisotopic (exact) mass is 264 g/mol. The maximum atomic E-state index is 11.9. The Labute approximate surface area is 110 Å². The molecule has 2 atom stereocenters. The predicted molar refractivity (Wildman–Crippen MR) is 68.8 cm³/mol. The molecule has 6 nitrogen and oxygen atoms in total. The van der Waals surface area contributed by atoms with E-state index >= 15 is 0 Å². The van der Waals surface area contributed by atoms with Crippen LogP contribution in [0.15, 0.2) is 18.2 Å². The van der Waals surface area contributed by atoms with Gasteiger partial charge in [0.25, 0.3) is 0 Å². The molecular weight excluding hydrogens is 248 g/mol. The molecule has 0 aromatic heterocycles. The minimum Gasteiger partial charge on any atom is -0.465 e. The number of carbonyl (C=O) groups is 2. The number of hydrogen-bond acceptors (Lipinski definition) is 6. The van der Waals surface area contributed by atoms with Gasteiger partial charge in [-0.25, -0.2) is 4.79 Å². The summed E-state index contributed by atoms with van der Waals surface area (Å²) in [7, 11) is 1.32. The summed E-state index contributed by atoms with van der Waals surface area (Å²) in [6.45, 7) is 2.05. The fourth-order valence-electron chi connectivity index (χ4n) is 2.16. The summed E-state index contributed by atoms with van der Waals surface area (Å²) in [5, 5.41) is 2.98. The maximum absolute atomic E-state index is 11.9. The Morgan fingerprint density at radius 2 is 2.16 bits per heavy atom. The number of methoxy groups -OCH3 is 1. The number of nitrogens with one attached hydrogen (secondary N) is 1. The fraction of sp³-hybridized carbons (Fsp3) is 0.385. The van der Waals surface area contributed by atoms with E-state index in [1.54, 1.807) is 25.1 Å². The lowest BCUT2D eigenvalue weighted by molar-refractivity contribution is -0.145. The number of carbonyl (C=O) groups excluding carboxylic acids is 2. The molecule has 102 valence electrons. The molecule has 1 aromatic rings. The van der Waals surface area contributed by atoms with E-state index in [4.69, 9.17) is 10.5 Å². The molecule has 0 saturated heterocycles. The molecule has 0 radical (unpaired) electrons. The summed E-state index contributed by atoms with van der Waals surface area (Å²) in [6.07, 6.45) is -0.554. The van der Waals surface area contributed by atoms with Crippen LogP contribution >= 0.6 is 0 Å². The summed E-state index contributed by atoms with van der Waals surface area (Å²) >= 11 is 0. The van der Waals surface area contributed by atoms with E-state index in [0.29, 0.717) is 17.9 Å². The molecule has 3 N–H and O–H groups in total. The van der Waals surface area contributed by atoms with Crippen LogP contribution in [0.1, 0.15) is 28.8 Å². The molecule has 0 amide bonds. The highest BCUT2D eigenvalue weighted by Gasteiger charge is 2.36. The third kappa shape index (κ3) is 2.39. The smallest absolute Gasteiger partial charge is 0.337 e. The summed E-state index contributed by atoms with van der Waals surface area (Å²) in [6, 6.07) is 4.93. The molecule has 2 rings (SSSR count). The summed E-state index contributed by atoms with van der Waals surface area (Å²) < 4.78 is 9.65. The summed E-state index contributed by atoms with van der Waals surface area (Å²) in [5.41, 5.74) is 7.69. The molecule has 1 aromatic carbocycles. The van der Waals surface area contributed by atoms with Crippen molar-refractivity contribution in [1.29, 1.82) is 0 Å². The second kappa shape index (κ2) is 5.27. The van der Waals surface area contributed by atoms with Crippen LogP contribution in [0.5, 0.6) is 0 Å². The van der Waals surface area contributed by atoms with Gasteiger partial charge in [-0.05, 0) is 24.6 Å². The minimum atomic E-state index is -0.554. The zero-order chi connectivity index (χ0) is 14.0. The molecule has 1 heterocycles. The summed E-state index contributed by atoms with van der Waals surface area (Å²) in [4.78, 5) is 23.3. The predicted octanol–water partition coefficient (Wildman–Crippen LogP) is 0.830. The van der Waals surface area contributed by atoms with Gasteiger partial charge in [0.05, 0.1) is 25.4 Å². The number of hydrogen-bond donors (Lipinski definition) is 2. The van der Waals surface area contributed by atoms with Crippen molar-refractivity contribution in [2.45, 2.75) is 19.0 Å². The number of nitrogens with two attached hydrogens (primary N) is 1. The first kappa shape index (κ1) is 13.4. The van der Waals surface area contributed by atoms with Gasteiger partial charge >= 0.3 is 11.9 Å². The van der Waals surface area contributed by atoms with Crippen molar-refractivity contribution in [3.8, 4) is 0 Å². The van der Waals surface area contributed by atoms with E-state index in [1.165, 1.54) is 7.11 Å². The summed E-state index contributed by atoms with van der Waals surface area (Å²) in [5.74, 6) is -1.36. The van der Waals surface area contributed by atoms with E-state index in [9.17, 15) is 9.59 Å². The normalized spacial score (nSPS) is 20.4. The molecule has 0 fully saturated rings. The largest absolute Gasteiger partial charge is 0.465 e. The van der Waals surface area contributed by atoms with Crippen molar-refractivity contribution in [1.82, 2.24) is 0 Å². The number of benzene rings is 1. The fourth-order valence-corrected chi connectivity index (χ4v) is 2.16. The third-order valence-electron chi connectivity index (χ3n) is 3.03. The van der Waals surface area contributed by atoms with Gasteiger partial charge in [0.2, 0.25) is 0 Å². The average Bonchev–Trinajstić information content (AvgIpc) is 2.72. The Morgan fingerprint density at radius 3 is 2.79 bits per heavy atom. The second-order valence-corrected chi connectivity index (χ2v) is 4.19. The molecular formula is C13H16N2O4. The van der Waals surface area contributed by atoms with Crippen LogP contribution in [0.3, 0.4) is 0 Å². The van der Waals surface area contributed by atoms with Crippen molar-refractivity contribution in [3.05, 3.63) is 29.3 Å². The Morgan fingerprint density at radius 1 is 1.42 bits per heavy atom. The molecule has 0 saturated carbocycles. The van der Waals surface area contributed by atoms with Gasteiger partial charge in [0, 0.05) is 5.69 Å². The van der Waals surface area contributed by atoms with Crippen LogP contribution in [0.4, 0.5) is 5.69 Å². The van der Waals surface area contributed by atoms with Crippen LogP contribution < -0.4 is 11.1 Å². The van der Waals surface area contributed by atoms with Gasteiger partial charge in [0.1, 0.15) is 5.92 Å². The van der Waals surface area contributed by atoms with Crippen molar-refractivity contribution in [3.63, 3.8) is 0 Å². The number of fused-ring (bicyclic) bond motifs is 1. The molecule has 2 unspecified atom stereocenters. The van der Waals surface area contributed by atoms with Gasteiger partial charge in [-0.1, -0.05) is 6.07 Å². The second-order valence-electron chi connectivity index (χ2n) is 4.19. The van der Waals surface area contributed by atoms with Crippen molar-refractivity contribution in [2.75, 3.05) is 19.0 Å². The van der Waals surface area contributed by atoms with Crippen LogP contribution in [-0.2, 0) is 14.3 Å². The lowest BCUT2D eigenvalue weighted by atomic mass is 9.98. The minimum absolute atomic E-state index is 0.303. The average molecular weight is 264 g/mol. The Bertz CT molecular complexity index is 515. The van der Waals surface area contributed by atoms with E-state index < -0.39 is 18.1 Å². The van der Waals surface area contributed by atoms with Crippen molar-refractivity contribution < 1.29 is 19.1 Å². The van der Waals surface area contributed by atoms with Gasteiger partial charge in [-0.15, -0.1) is 0 Å². The maximum Gasteiger partial charge on any atom is 0.337 e. The number of anilines is 1. The van der Waals surface area contributed by atoms with Gasteiger partial charge in [0.15, 0.2) is 0 Å². The first-order valence-electron chi connectivity index (χ1n) is 5.99. The highest BCUT2D eigenvalue weighted by Crippen LogP contribution is 2.35. The highest BCUT2D eigenvalue weighted by atomic mass is 16.5. The standard InChI is InChI=1S/C13H16N2O4/c1-3-19-13(17)10-8-5-4-7(12(16)18-2)6-9(8)15-11(10)14/h4-6,10-11,15H,3,14H2,1-2H3. The van der Waals surface area contributed by atoms with Crippen LogP contribution in [-0.4, -0.2) is 31.8 Å². The van der Waals surface area contributed by atoms with Crippen LogP contribution in [0, 0.1) is 0 Å². The molecule has 0 aliphatic carbocycles. The lowest BCUT2D eigenvalue weighted by Crippen LogP contribution is -2.35. The number of rotatable bonds is 3.